The molecule has 7 nitrogen and oxygen atoms in total. The van der Waals surface area contributed by atoms with E-state index in [4.69, 9.17) is 14.5 Å². The maximum absolute atomic E-state index is 5.72. The van der Waals surface area contributed by atoms with Crippen LogP contribution in [0.2, 0.25) is 0 Å². The molecule has 31 heavy (non-hydrogen) atoms. The molecule has 1 aliphatic rings. The first-order chi connectivity index (χ1) is 15.2. The van der Waals surface area contributed by atoms with E-state index in [-0.39, 0.29) is 0 Å². The van der Waals surface area contributed by atoms with Crippen LogP contribution in [0.4, 0.5) is 5.13 Å². The molecule has 2 N–H and O–H groups in total. The molecular formula is C23H35N5O2S. The smallest absolute Gasteiger partial charge is 0.190 e. The number of ether oxygens (including phenoxy) is 2. The maximum Gasteiger partial charge on any atom is 0.190 e. The summed E-state index contributed by atoms with van der Waals surface area (Å²) in [7, 11) is 1.80. The Morgan fingerprint density at radius 3 is 2.48 bits per heavy atom. The Balaban J connectivity index is 1.41. The molecule has 1 fully saturated rings. The first-order valence-corrected chi connectivity index (χ1v) is 12.1. The minimum atomic E-state index is 0.622. The van der Waals surface area contributed by atoms with Crippen molar-refractivity contribution >= 4 is 22.4 Å². The van der Waals surface area contributed by atoms with Gasteiger partial charge in [0, 0.05) is 45.0 Å². The molecule has 170 valence electrons. The van der Waals surface area contributed by atoms with E-state index < -0.39 is 0 Å². The van der Waals surface area contributed by atoms with Crippen molar-refractivity contribution in [2.24, 2.45) is 4.99 Å². The second-order valence-electron chi connectivity index (χ2n) is 7.39. The summed E-state index contributed by atoms with van der Waals surface area (Å²) in [4.78, 5) is 11.5. The minimum absolute atomic E-state index is 0.622. The van der Waals surface area contributed by atoms with E-state index in [0.29, 0.717) is 13.2 Å². The Kier molecular flexibility index (Phi) is 9.27. The number of rotatable bonds is 11. The first-order valence-electron chi connectivity index (χ1n) is 11.3. The Morgan fingerprint density at radius 2 is 1.77 bits per heavy atom. The van der Waals surface area contributed by atoms with Gasteiger partial charge in [0.1, 0.15) is 0 Å². The van der Waals surface area contributed by atoms with Crippen molar-refractivity contribution in [3.8, 4) is 11.5 Å². The monoisotopic (exact) mass is 445 g/mol. The number of hydrogen-bond donors (Lipinski definition) is 2. The molecule has 1 aromatic carbocycles. The van der Waals surface area contributed by atoms with Crippen LogP contribution < -0.4 is 25.0 Å². The predicted octanol–water partition coefficient (Wildman–Crippen LogP) is 3.49. The molecule has 0 saturated carbocycles. The van der Waals surface area contributed by atoms with E-state index in [1.165, 1.54) is 18.4 Å². The number of benzene rings is 1. The largest absolute Gasteiger partial charge is 0.490 e. The zero-order valence-electron chi connectivity index (χ0n) is 18.9. The molecule has 0 spiro atoms. The van der Waals surface area contributed by atoms with Gasteiger partial charge in [0.2, 0.25) is 0 Å². The summed E-state index contributed by atoms with van der Waals surface area (Å²) in [6.45, 7) is 9.09. The van der Waals surface area contributed by atoms with Gasteiger partial charge >= 0.3 is 0 Å². The molecule has 2 aromatic rings. The number of aromatic nitrogens is 1. The number of nitrogens with one attached hydrogen (secondary N) is 2. The normalized spacial score (nSPS) is 14.0. The highest BCUT2D eigenvalue weighted by atomic mass is 32.1. The lowest BCUT2D eigenvalue weighted by atomic mass is 10.1. The summed E-state index contributed by atoms with van der Waals surface area (Å²) >= 11 is 1.75. The van der Waals surface area contributed by atoms with E-state index in [1.54, 1.807) is 18.4 Å². The van der Waals surface area contributed by atoms with Crippen LogP contribution in [-0.2, 0) is 12.8 Å². The average Bonchev–Trinajstić information content (AvgIpc) is 3.46. The van der Waals surface area contributed by atoms with Gasteiger partial charge in [0.15, 0.2) is 22.6 Å². The number of guanidine groups is 1. The van der Waals surface area contributed by atoms with E-state index >= 15 is 0 Å². The van der Waals surface area contributed by atoms with Gasteiger partial charge in [-0.15, -0.1) is 11.3 Å². The summed E-state index contributed by atoms with van der Waals surface area (Å²) in [5.74, 6) is 2.42. The third-order valence-electron chi connectivity index (χ3n) is 5.13. The fourth-order valence-electron chi connectivity index (χ4n) is 3.57. The van der Waals surface area contributed by atoms with Crippen molar-refractivity contribution in [3.63, 3.8) is 0 Å². The van der Waals surface area contributed by atoms with Crippen molar-refractivity contribution < 1.29 is 9.47 Å². The third-order valence-corrected chi connectivity index (χ3v) is 6.08. The van der Waals surface area contributed by atoms with Gasteiger partial charge in [0.05, 0.1) is 18.9 Å². The van der Waals surface area contributed by atoms with Crippen LogP contribution >= 0.6 is 11.3 Å². The van der Waals surface area contributed by atoms with Crippen molar-refractivity contribution in [1.29, 1.82) is 0 Å². The molecular weight excluding hydrogens is 410 g/mol. The molecule has 0 bridgehead atoms. The molecule has 1 saturated heterocycles. The Morgan fingerprint density at radius 1 is 1.06 bits per heavy atom. The van der Waals surface area contributed by atoms with Crippen LogP contribution in [0.3, 0.4) is 0 Å². The first kappa shape index (κ1) is 23.2. The van der Waals surface area contributed by atoms with Gasteiger partial charge in [0.25, 0.3) is 0 Å². The molecule has 8 heteroatoms. The molecule has 0 amide bonds. The molecule has 0 aliphatic carbocycles. The van der Waals surface area contributed by atoms with Gasteiger partial charge < -0.3 is 25.0 Å². The zero-order chi connectivity index (χ0) is 21.9. The van der Waals surface area contributed by atoms with E-state index in [2.05, 4.69) is 38.0 Å². The minimum Gasteiger partial charge on any atom is -0.490 e. The highest BCUT2D eigenvalue weighted by Crippen LogP contribution is 2.28. The van der Waals surface area contributed by atoms with E-state index in [0.717, 1.165) is 67.3 Å². The molecule has 0 unspecified atom stereocenters. The lowest BCUT2D eigenvalue weighted by molar-refractivity contribution is 0.287. The van der Waals surface area contributed by atoms with Gasteiger partial charge in [-0.05, 0) is 50.8 Å². The molecule has 2 heterocycles. The fourth-order valence-corrected chi connectivity index (χ4v) is 4.48. The lowest BCUT2D eigenvalue weighted by Gasteiger charge is -2.14. The lowest BCUT2D eigenvalue weighted by Crippen LogP contribution is -2.39. The van der Waals surface area contributed by atoms with Crippen molar-refractivity contribution in [2.45, 2.75) is 39.5 Å². The molecule has 1 aromatic heterocycles. The number of thiazole rings is 1. The van der Waals surface area contributed by atoms with Crippen LogP contribution in [0.1, 0.15) is 37.9 Å². The summed E-state index contributed by atoms with van der Waals surface area (Å²) in [5, 5.41) is 10.1. The molecule has 3 rings (SSSR count). The molecule has 0 atom stereocenters. The zero-order valence-corrected chi connectivity index (χ0v) is 19.8. The number of hydrogen-bond acceptors (Lipinski definition) is 6. The van der Waals surface area contributed by atoms with Crippen LogP contribution in [0.15, 0.2) is 28.6 Å². The Hall–Kier alpha value is -2.48. The van der Waals surface area contributed by atoms with Crippen molar-refractivity contribution in [3.05, 3.63) is 34.8 Å². The second-order valence-corrected chi connectivity index (χ2v) is 8.23. The Labute approximate surface area is 189 Å². The van der Waals surface area contributed by atoms with E-state index in [9.17, 15) is 0 Å². The summed E-state index contributed by atoms with van der Waals surface area (Å²) in [6, 6.07) is 6.14. The molecule has 0 radical (unpaired) electrons. The molecule has 1 aliphatic heterocycles. The standard InChI is InChI=1S/C23H35N5O2S/c1-4-29-20-9-8-18(16-21(20)30-5-2)10-12-25-22(24-3)26-13-11-19-17-31-23(27-19)28-14-6-7-15-28/h8-9,16-17H,4-7,10-15H2,1-3H3,(H2,24,25,26). The van der Waals surface area contributed by atoms with Gasteiger partial charge in [-0.3, -0.25) is 4.99 Å². The van der Waals surface area contributed by atoms with Crippen LogP contribution in [0.25, 0.3) is 0 Å². The van der Waals surface area contributed by atoms with Crippen LogP contribution in [-0.4, -0.2) is 57.4 Å². The maximum atomic E-state index is 5.72. The quantitative estimate of drug-likeness (QED) is 0.408. The van der Waals surface area contributed by atoms with Gasteiger partial charge in [-0.2, -0.15) is 0 Å². The number of aliphatic imine (C=N–C) groups is 1. The van der Waals surface area contributed by atoms with Crippen LogP contribution in [0.5, 0.6) is 11.5 Å². The topological polar surface area (TPSA) is 71.0 Å². The van der Waals surface area contributed by atoms with Crippen molar-refractivity contribution in [2.75, 3.05) is 51.3 Å². The third kappa shape index (κ3) is 7.02. The SMILES string of the molecule is CCOc1ccc(CCNC(=NC)NCCc2csc(N3CCCC3)n2)cc1OCC. The average molecular weight is 446 g/mol. The summed E-state index contributed by atoms with van der Waals surface area (Å²) in [6.07, 6.45) is 4.32. The summed E-state index contributed by atoms with van der Waals surface area (Å²) < 4.78 is 11.4. The van der Waals surface area contributed by atoms with Crippen LogP contribution in [0, 0.1) is 0 Å². The number of anilines is 1. The number of nitrogens with zero attached hydrogens (tertiary/aromatic N) is 3. The van der Waals surface area contributed by atoms with Gasteiger partial charge in [-0.25, -0.2) is 4.98 Å². The highest BCUT2D eigenvalue weighted by Gasteiger charge is 2.15. The predicted molar refractivity (Wildman–Crippen MR) is 129 cm³/mol. The van der Waals surface area contributed by atoms with E-state index in [1.807, 2.05) is 19.9 Å². The second kappa shape index (κ2) is 12.4. The van der Waals surface area contributed by atoms with Crippen molar-refractivity contribution in [1.82, 2.24) is 15.6 Å². The highest BCUT2D eigenvalue weighted by molar-refractivity contribution is 7.13. The summed E-state index contributed by atoms with van der Waals surface area (Å²) in [5.41, 5.74) is 2.35. The van der Waals surface area contributed by atoms with Gasteiger partial charge in [-0.1, -0.05) is 6.07 Å². The fraction of sp³-hybridized carbons (Fsp3) is 0.565. The Bertz CT molecular complexity index is 833.